The molecule has 1 aliphatic carbocycles. The van der Waals surface area contributed by atoms with E-state index >= 15 is 0 Å². The van der Waals surface area contributed by atoms with Gasteiger partial charge >= 0.3 is 0 Å². The molecule has 0 bridgehead atoms. The van der Waals surface area contributed by atoms with Gasteiger partial charge < -0.3 is 10.1 Å². The maximum atomic E-state index is 13.4. The Morgan fingerprint density at radius 3 is 2.75 bits per heavy atom. The number of rotatable bonds is 5. The van der Waals surface area contributed by atoms with E-state index in [1.165, 1.54) is 12.5 Å². The maximum Gasteiger partial charge on any atom is 0.124 e. The van der Waals surface area contributed by atoms with Crippen LogP contribution in [-0.4, -0.2) is 12.6 Å². The third-order valence-corrected chi connectivity index (χ3v) is 4.43. The van der Waals surface area contributed by atoms with Crippen LogP contribution >= 0.6 is 0 Å². The molecule has 3 heteroatoms. The summed E-state index contributed by atoms with van der Waals surface area (Å²) in [4.78, 5) is 0. The summed E-state index contributed by atoms with van der Waals surface area (Å²) in [5, 5.41) is 3.24. The normalized spacial score (nSPS) is 26.5. The number of halogens is 1. The Kier molecular flexibility index (Phi) is 5.41. The van der Waals surface area contributed by atoms with Crippen molar-refractivity contribution in [3.63, 3.8) is 0 Å². The molecule has 0 aliphatic heterocycles. The first-order valence-electron chi connectivity index (χ1n) is 7.76. The molecule has 0 saturated heterocycles. The Hall–Kier alpha value is -1.09. The molecule has 20 heavy (non-hydrogen) atoms. The molecule has 1 fully saturated rings. The summed E-state index contributed by atoms with van der Waals surface area (Å²) in [5.74, 6) is 2.12. The topological polar surface area (TPSA) is 21.3 Å². The molecule has 1 aromatic rings. The summed E-state index contributed by atoms with van der Waals surface area (Å²) in [6.45, 7) is 8.18. The van der Waals surface area contributed by atoms with Crippen molar-refractivity contribution >= 4 is 0 Å². The first-order valence-corrected chi connectivity index (χ1v) is 7.76. The molecule has 1 aliphatic rings. The van der Waals surface area contributed by atoms with Crippen LogP contribution < -0.4 is 10.1 Å². The molecule has 1 N–H and O–H groups in total. The van der Waals surface area contributed by atoms with Crippen molar-refractivity contribution in [3.8, 4) is 5.75 Å². The third kappa shape index (κ3) is 3.95. The first-order chi connectivity index (χ1) is 9.60. The van der Waals surface area contributed by atoms with Crippen LogP contribution in [-0.2, 0) is 6.54 Å². The summed E-state index contributed by atoms with van der Waals surface area (Å²) < 4.78 is 19.5. The minimum atomic E-state index is -0.198. The third-order valence-electron chi connectivity index (χ3n) is 4.43. The van der Waals surface area contributed by atoms with Crippen molar-refractivity contribution in [3.05, 3.63) is 29.6 Å². The van der Waals surface area contributed by atoms with Gasteiger partial charge in [0.1, 0.15) is 11.6 Å². The van der Waals surface area contributed by atoms with E-state index in [9.17, 15) is 4.39 Å². The van der Waals surface area contributed by atoms with Crippen LogP contribution in [0.3, 0.4) is 0 Å². The van der Waals surface area contributed by atoms with Gasteiger partial charge in [-0.2, -0.15) is 0 Å². The molecule has 0 aromatic heterocycles. The van der Waals surface area contributed by atoms with E-state index in [0.717, 1.165) is 36.6 Å². The number of hydrogen-bond donors (Lipinski definition) is 1. The lowest BCUT2D eigenvalue weighted by molar-refractivity contribution is 0.0995. The van der Waals surface area contributed by atoms with Crippen molar-refractivity contribution in [1.29, 1.82) is 0 Å². The fourth-order valence-electron chi connectivity index (χ4n) is 2.85. The van der Waals surface area contributed by atoms with Crippen molar-refractivity contribution in [1.82, 2.24) is 5.32 Å². The minimum absolute atomic E-state index is 0.198. The highest BCUT2D eigenvalue weighted by atomic mass is 19.1. The standard InChI is InChI=1S/C17H26FNO/c1-4-19-11-14-10-15(18)6-8-17(14)20-16-7-5-12(2)13(3)9-16/h6,8,10,12-13,16,19H,4-5,7,9,11H2,1-3H3. The molecule has 0 heterocycles. The second-order valence-corrected chi connectivity index (χ2v) is 6.04. The SMILES string of the molecule is CCNCc1cc(F)ccc1OC1CCC(C)C(C)C1. The summed E-state index contributed by atoms with van der Waals surface area (Å²) in [5.41, 5.74) is 0.915. The van der Waals surface area contributed by atoms with Crippen LogP contribution in [0.2, 0.25) is 0 Å². The molecule has 0 radical (unpaired) electrons. The highest BCUT2D eigenvalue weighted by Gasteiger charge is 2.26. The Labute approximate surface area is 121 Å². The van der Waals surface area contributed by atoms with Gasteiger partial charge in [0.2, 0.25) is 0 Å². The minimum Gasteiger partial charge on any atom is -0.490 e. The monoisotopic (exact) mass is 279 g/mol. The molecule has 0 amide bonds. The van der Waals surface area contributed by atoms with Gasteiger partial charge in [0.15, 0.2) is 0 Å². The first kappa shape index (κ1) is 15.3. The molecule has 112 valence electrons. The predicted molar refractivity (Wildman–Crippen MR) is 80.4 cm³/mol. The van der Waals surface area contributed by atoms with Crippen LogP contribution in [0.15, 0.2) is 18.2 Å². The molecule has 2 rings (SSSR count). The van der Waals surface area contributed by atoms with Crippen molar-refractivity contribution in [2.75, 3.05) is 6.54 Å². The fourth-order valence-corrected chi connectivity index (χ4v) is 2.85. The average Bonchev–Trinajstić information content (AvgIpc) is 2.43. The maximum absolute atomic E-state index is 13.4. The highest BCUT2D eigenvalue weighted by molar-refractivity contribution is 5.34. The van der Waals surface area contributed by atoms with E-state index in [2.05, 4.69) is 19.2 Å². The number of ether oxygens (including phenoxy) is 1. The molecule has 3 atom stereocenters. The van der Waals surface area contributed by atoms with Crippen molar-refractivity contribution in [2.24, 2.45) is 11.8 Å². The van der Waals surface area contributed by atoms with Gasteiger partial charge in [-0.05, 0) is 55.8 Å². The highest BCUT2D eigenvalue weighted by Crippen LogP contribution is 2.32. The molecule has 1 aromatic carbocycles. The largest absolute Gasteiger partial charge is 0.490 e. The Bertz CT molecular complexity index is 435. The van der Waals surface area contributed by atoms with Crippen LogP contribution in [0.25, 0.3) is 0 Å². The molecule has 3 unspecified atom stereocenters. The van der Waals surface area contributed by atoms with Crippen LogP contribution in [0.1, 0.15) is 45.6 Å². The number of benzene rings is 1. The van der Waals surface area contributed by atoms with Crippen molar-refractivity contribution < 1.29 is 9.13 Å². The average molecular weight is 279 g/mol. The lowest BCUT2D eigenvalue weighted by atomic mass is 9.80. The lowest BCUT2D eigenvalue weighted by Gasteiger charge is -2.32. The molecule has 0 spiro atoms. The zero-order valence-corrected chi connectivity index (χ0v) is 12.8. The van der Waals surface area contributed by atoms with E-state index in [4.69, 9.17) is 4.74 Å². The van der Waals surface area contributed by atoms with Gasteiger partial charge in [-0.25, -0.2) is 4.39 Å². The van der Waals surface area contributed by atoms with Crippen LogP contribution in [0.4, 0.5) is 4.39 Å². The summed E-state index contributed by atoms with van der Waals surface area (Å²) in [6.07, 6.45) is 3.69. The van der Waals surface area contributed by atoms with Crippen LogP contribution in [0, 0.1) is 17.7 Å². The molecule has 1 saturated carbocycles. The fraction of sp³-hybridized carbons (Fsp3) is 0.647. The van der Waals surface area contributed by atoms with Gasteiger partial charge in [-0.3, -0.25) is 0 Å². The molecular formula is C17H26FNO. The summed E-state index contributed by atoms with van der Waals surface area (Å²) in [7, 11) is 0. The van der Waals surface area contributed by atoms with Gasteiger partial charge in [-0.1, -0.05) is 20.8 Å². The number of nitrogens with one attached hydrogen (secondary N) is 1. The van der Waals surface area contributed by atoms with E-state index in [0.29, 0.717) is 12.5 Å². The van der Waals surface area contributed by atoms with Gasteiger partial charge in [0.05, 0.1) is 6.10 Å². The quantitative estimate of drug-likeness (QED) is 0.874. The lowest BCUT2D eigenvalue weighted by Crippen LogP contribution is -2.29. The van der Waals surface area contributed by atoms with Crippen LogP contribution in [0.5, 0.6) is 5.75 Å². The number of hydrogen-bond acceptors (Lipinski definition) is 2. The Morgan fingerprint density at radius 2 is 2.05 bits per heavy atom. The smallest absolute Gasteiger partial charge is 0.124 e. The predicted octanol–water partition coefficient (Wildman–Crippen LogP) is 4.14. The van der Waals surface area contributed by atoms with E-state index in [1.807, 2.05) is 6.92 Å². The zero-order chi connectivity index (χ0) is 14.5. The van der Waals surface area contributed by atoms with Crippen molar-refractivity contribution in [2.45, 2.75) is 52.7 Å². The Balaban J connectivity index is 2.04. The second kappa shape index (κ2) is 7.07. The van der Waals surface area contributed by atoms with Gasteiger partial charge in [0, 0.05) is 12.1 Å². The summed E-state index contributed by atoms with van der Waals surface area (Å²) >= 11 is 0. The second-order valence-electron chi connectivity index (χ2n) is 6.04. The van der Waals surface area contributed by atoms with Gasteiger partial charge in [-0.15, -0.1) is 0 Å². The van der Waals surface area contributed by atoms with E-state index < -0.39 is 0 Å². The Morgan fingerprint density at radius 1 is 1.25 bits per heavy atom. The van der Waals surface area contributed by atoms with E-state index in [-0.39, 0.29) is 11.9 Å². The summed E-state index contributed by atoms with van der Waals surface area (Å²) in [6, 6.07) is 4.83. The molecule has 2 nitrogen and oxygen atoms in total. The van der Waals surface area contributed by atoms with E-state index in [1.54, 1.807) is 12.1 Å². The van der Waals surface area contributed by atoms with Gasteiger partial charge in [0.25, 0.3) is 0 Å². The molecular weight excluding hydrogens is 253 g/mol. The zero-order valence-electron chi connectivity index (χ0n) is 12.8.